The molecule has 2 heterocycles. The van der Waals surface area contributed by atoms with E-state index in [0.717, 1.165) is 37.1 Å². The van der Waals surface area contributed by atoms with Gasteiger partial charge in [-0.3, -0.25) is 0 Å². The molecule has 0 aromatic carbocycles. The van der Waals surface area contributed by atoms with Crippen LogP contribution in [0.3, 0.4) is 0 Å². The Morgan fingerprint density at radius 1 is 1.44 bits per heavy atom. The molecular formula is C12H18N4OS. The molecule has 0 aliphatic carbocycles. The average Bonchev–Trinajstić information content (AvgIpc) is 2.95. The predicted octanol–water partition coefficient (Wildman–Crippen LogP) is 2.14. The third-order valence-corrected chi connectivity index (χ3v) is 3.42. The molecule has 0 unspecified atom stereocenters. The highest BCUT2D eigenvalue weighted by molar-refractivity contribution is 7.11. The third-order valence-electron chi connectivity index (χ3n) is 2.52. The van der Waals surface area contributed by atoms with Crippen LogP contribution in [0.4, 0.5) is 5.95 Å². The van der Waals surface area contributed by atoms with Crippen molar-refractivity contribution in [2.45, 2.75) is 19.9 Å². The lowest BCUT2D eigenvalue weighted by Gasteiger charge is -2.08. The fourth-order valence-corrected chi connectivity index (χ4v) is 2.46. The number of nitrogens with zero attached hydrogens (tertiary/aromatic N) is 3. The van der Waals surface area contributed by atoms with Crippen LogP contribution in [-0.4, -0.2) is 34.8 Å². The number of aryl methyl sites for hydroxylation is 1. The highest BCUT2D eigenvalue weighted by Gasteiger charge is 2.04. The third kappa shape index (κ3) is 3.54. The van der Waals surface area contributed by atoms with Crippen molar-refractivity contribution in [1.82, 2.24) is 14.5 Å². The zero-order valence-corrected chi connectivity index (χ0v) is 11.5. The number of rotatable bonds is 7. The second-order valence-corrected chi connectivity index (χ2v) is 5.32. The number of aromatic nitrogens is 3. The van der Waals surface area contributed by atoms with Gasteiger partial charge in [0.1, 0.15) is 0 Å². The Hall–Kier alpha value is -1.40. The van der Waals surface area contributed by atoms with E-state index in [2.05, 4.69) is 19.9 Å². The topological polar surface area (TPSA) is 52.0 Å². The Labute approximate surface area is 111 Å². The van der Waals surface area contributed by atoms with Crippen molar-refractivity contribution in [3.63, 3.8) is 0 Å². The van der Waals surface area contributed by atoms with Crippen LogP contribution in [0.25, 0.3) is 0 Å². The molecule has 0 aliphatic rings. The van der Waals surface area contributed by atoms with Crippen molar-refractivity contribution in [3.05, 3.63) is 28.5 Å². The second kappa shape index (κ2) is 6.51. The SMILES string of the molecule is COCCCNc1nccn1Cc1cnc(C)s1. The molecule has 18 heavy (non-hydrogen) atoms. The van der Waals surface area contributed by atoms with Gasteiger partial charge in [-0.1, -0.05) is 0 Å². The van der Waals surface area contributed by atoms with E-state index in [4.69, 9.17) is 4.74 Å². The average molecular weight is 266 g/mol. The molecule has 0 aliphatic heterocycles. The van der Waals surface area contributed by atoms with Gasteiger partial charge in [0.05, 0.1) is 11.6 Å². The fourth-order valence-electron chi connectivity index (χ4n) is 1.67. The van der Waals surface area contributed by atoms with Gasteiger partial charge in [0.15, 0.2) is 0 Å². The van der Waals surface area contributed by atoms with Gasteiger partial charge in [-0.2, -0.15) is 0 Å². The van der Waals surface area contributed by atoms with Gasteiger partial charge in [0.2, 0.25) is 5.95 Å². The molecule has 0 fully saturated rings. The van der Waals surface area contributed by atoms with E-state index in [-0.39, 0.29) is 0 Å². The maximum atomic E-state index is 5.02. The van der Waals surface area contributed by atoms with Crippen molar-refractivity contribution in [2.75, 3.05) is 25.6 Å². The zero-order valence-electron chi connectivity index (χ0n) is 10.7. The smallest absolute Gasteiger partial charge is 0.203 e. The first-order valence-corrected chi connectivity index (χ1v) is 6.76. The summed E-state index contributed by atoms with van der Waals surface area (Å²) in [6.45, 7) is 4.47. The molecule has 0 spiro atoms. The van der Waals surface area contributed by atoms with Gasteiger partial charge in [-0.25, -0.2) is 9.97 Å². The van der Waals surface area contributed by atoms with Gasteiger partial charge in [-0.05, 0) is 13.3 Å². The summed E-state index contributed by atoms with van der Waals surface area (Å²) in [5, 5.41) is 4.41. The van der Waals surface area contributed by atoms with Gasteiger partial charge >= 0.3 is 0 Å². The molecule has 1 N–H and O–H groups in total. The van der Waals surface area contributed by atoms with Gasteiger partial charge in [0.25, 0.3) is 0 Å². The van der Waals surface area contributed by atoms with Crippen molar-refractivity contribution in [3.8, 4) is 0 Å². The van der Waals surface area contributed by atoms with Crippen LogP contribution in [0.2, 0.25) is 0 Å². The number of nitrogens with one attached hydrogen (secondary N) is 1. The summed E-state index contributed by atoms with van der Waals surface area (Å²) in [7, 11) is 1.72. The van der Waals surface area contributed by atoms with Crippen LogP contribution in [0.15, 0.2) is 18.6 Å². The van der Waals surface area contributed by atoms with E-state index < -0.39 is 0 Å². The molecule has 5 nitrogen and oxygen atoms in total. The molecule has 0 radical (unpaired) electrons. The molecule has 0 saturated carbocycles. The van der Waals surface area contributed by atoms with Crippen LogP contribution in [0.1, 0.15) is 16.3 Å². The van der Waals surface area contributed by atoms with E-state index in [1.54, 1.807) is 18.4 Å². The van der Waals surface area contributed by atoms with Crippen molar-refractivity contribution >= 4 is 17.3 Å². The monoisotopic (exact) mass is 266 g/mol. The molecular weight excluding hydrogens is 248 g/mol. The van der Waals surface area contributed by atoms with Gasteiger partial charge < -0.3 is 14.6 Å². The normalized spacial score (nSPS) is 10.8. The summed E-state index contributed by atoms with van der Waals surface area (Å²) < 4.78 is 7.11. The molecule has 0 bridgehead atoms. The van der Waals surface area contributed by atoms with E-state index in [9.17, 15) is 0 Å². The number of ether oxygens (including phenoxy) is 1. The Bertz CT molecular complexity index is 480. The number of thiazole rings is 1. The van der Waals surface area contributed by atoms with Crippen LogP contribution < -0.4 is 5.32 Å². The van der Waals surface area contributed by atoms with Crippen molar-refractivity contribution < 1.29 is 4.74 Å². The summed E-state index contributed by atoms with van der Waals surface area (Å²) in [6.07, 6.45) is 6.69. The summed E-state index contributed by atoms with van der Waals surface area (Å²) in [4.78, 5) is 9.81. The number of imidazole rings is 1. The first kappa shape index (κ1) is 13.0. The van der Waals surface area contributed by atoms with Crippen LogP contribution >= 0.6 is 11.3 Å². The van der Waals surface area contributed by atoms with Gasteiger partial charge in [0, 0.05) is 43.7 Å². The highest BCUT2D eigenvalue weighted by Crippen LogP contribution is 2.15. The van der Waals surface area contributed by atoms with E-state index in [0.29, 0.717) is 0 Å². The Morgan fingerprint density at radius 3 is 3.06 bits per heavy atom. The number of hydrogen-bond acceptors (Lipinski definition) is 5. The summed E-state index contributed by atoms with van der Waals surface area (Å²) in [6, 6.07) is 0. The lowest BCUT2D eigenvalue weighted by Crippen LogP contribution is -2.10. The lowest BCUT2D eigenvalue weighted by molar-refractivity contribution is 0.197. The molecule has 2 aromatic rings. The zero-order chi connectivity index (χ0) is 12.8. The van der Waals surface area contributed by atoms with E-state index in [1.165, 1.54) is 4.88 Å². The van der Waals surface area contributed by atoms with Crippen LogP contribution in [0.5, 0.6) is 0 Å². The minimum absolute atomic E-state index is 0.766. The summed E-state index contributed by atoms with van der Waals surface area (Å²) in [5.74, 6) is 0.900. The highest BCUT2D eigenvalue weighted by atomic mass is 32.1. The molecule has 0 saturated heterocycles. The number of anilines is 1. The summed E-state index contributed by atoms with van der Waals surface area (Å²) in [5.41, 5.74) is 0. The predicted molar refractivity (Wildman–Crippen MR) is 73.2 cm³/mol. The molecule has 98 valence electrons. The number of hydrogen-bond donors (Lipinski definition) is 1. The first-order chi connectivity index (χ1) is 8.79. The Morgan fingerprint density at radius 2 is 2.33 bits per heavy atom. The standard InChI is InChI=1S/C12H18N4OS/c1-10-15-8-11(18-10)9-16-6-5-14-12(16)13-4-3-7-17-2/h5-6,8H,3-4,7,9H2,1-2H3,(H,13,14). The molecule has 6 heteroatoms. The second-order valence-electron chi connectivity index (χ2n) is 4.00. The Balaban J connectivity index is 1.91. The largest absolute Gasteiger partial charge is 0.385 e. The van der Waals surface area contributed by atoms with Crippen LogP contribution in [0, 0.1) is 6.92 Å². The molecule has 0 atom stereocenters. The van der Waals surface area contributed by atoms with E-state index >= 15 is 0 Å². The number of methoxy groups -OCH3 is 1. The van der Waals surface area contributed by atoms with Crippen molar-refractivity contribution in [1.29, 1.82) is 0 Å². The first-order valence-electron chi connectivity index (χ1n) is 5.95. The summed E-state index contributed by atoms with van der Waals surface area (Å²) >= 11 is 1.72. The minimum Gasteiger partial charge on any atom is -0.385 e. The molecule has 2 aromatic heterocycles. The van der Waals surface area contributed by atoms with Gasteiger partial charge in [-0.15, -0.1) is 11.3 Å². The lowest BCUT2D eigenvalue weighted by atomic mass is 10.4. The van der Waals surface area contributed by atoms with E-state index in [1.807, 2.05) is 25.5 Å². The maximum absolute atomic E-state index is 5.02. The molecule has 2 rings (SSSR count). The molecule has 0 amide bonds. The minimum atomic E-state index is 0.766. The fraction of sp³-hybridized carbons (Fsp3) is 0.500. The maximum Gasteiger partial charge on any atom is 0.203 e. The quantitative estimate of drug-likeness (QED) is 0.780. The Kier molecular flexibility index (Phi) is 4.72. The van der Waals surface area contributed by atoms with Crippen molar-refractivity contribution in [2.24, 2.45) is 0 Å². The van der Waals surface area contributed by atoms with Crippen LogP contribution in [-0.2, 0) is 11.3 Å².